The third-order valence-corrected chi connectivity index (χ3v) is 5.26. The zero-order chi connectivity index (χ0) is 21.5. The number of rotatable bonds is 9. The first-order valence-corrected chi connectivity index (χ1v) is 10.3. The molecule has 0 unspecified atom stereocenters. The molecule has 3 aromatic rings. The SMILES string of the molecule is O=C(NCCCn1ccnc1)Nc1snc(OCc2cc(Cl)ccc2Cl)c1C(=O)O. The van der Waals surface area contributed by atoms with Gasteiger partial charge in [0.15, 0.2) is 5.56 Å². The highest BCUT2D eigenvalue weighted by molar-refractivity contribution is 7.11. The number of amides is 2. The Hall–Kier alpha value is -2.82. The largest absolute Gasteiger partial charge is 0.477 e. The van der Waals surface area contributed by atoms with Gasteiger partial charge < -0.3 is 19.7 Å². The topological polar surface area (TPSA) is 118 Å². The molecule has 0 saturated heterocycles. The Labute approximate surface area is 185 Å². The number of carboxylic acids is 1. The summed E-state index contributed by atoms with van der Waals surface area (Å²) >= 11 is 12.8. The number of aryl methyl sites for hydroxylation is 1. The molecule has 0 aliphatic carbocycles. The summed E-state index contributed by atoms with van der Waals surface area (Å²) < 4.78 is 11.4. The number of benzene rings is 1. The highest BCUT2D eigenvalue weighted by atomic mass is 35.5. The number of aromatic carboxylic acids is 1. The van der Waals surface area contributed by atoms with Crippen LogP contribution < -0.4 is 15.4 Å². The minimum Gasteiger partial charge on any atom is -0.477 e. The summed E-state index contributed by atoms with van der Waals surface area (Å²) in [5.74, 6) is -1.38. The average molecular weight is 470 g/mol. The maximum absolute atomic E-state index is 12.1. The zero-order valence-corrected chi connectivity index (χ0v) is 17.8. The van der Waals surface area contributed by atoms with Crippen molar-refractivity contribution in [1.82, 2.24) is 19.2 Å². The molecule has 0 aliphatic heterocycles. The molecule has 12 heteroatoms. The van der Waals surface area contributed by atoms with Crippen molar-refractivity contribution in [3.8, 4) is 5.88 Å². The number of halogens is 2. The summed E-state index contributed by atoms with van der Waals surface area (Å²) in [5.41, 5.74) is 0.352. The highest BCUT2D eigenvalue weighted by Crippen LogP contribution is 2.32. The van der Waals surface area contributed by atoms with Crippen molar-refractivity contribution < 1.29 is 19.4 Å². The van der Waals surface area contributed by atoms with Gasteiger partial charge >= 0.3 is 12.0 Å². The lowest BCUT2D eigenvalue weighted by molar-refractivity contribution is 0.0693. The van der Waals surface area contributed by atoms with Crippen molar-refractivity contribution in [3.63, 3.8) is 0 Å². The van der Waals surface area contributed by atoms with Crippen LogP contribution in [0, 0.1) is 0 Å². The van der Waals surface area contributed by atoms with Gasteiger partial charge in [0.25, 0.3) is 0 Å². The number of nitrogens with zero attached hydrogens (tertiary/aromatic N) is 3. The van der Waals surface area contributed by atoms with Crippen LogP contribution in [0.2, 0.25) is 10.0 Å². The van der Waals surface area contributed by atoms with Gasteiger partial charge in [-0.2, -0.15) is 4.37 Å². The number of anilines is 1. The van der Waals surface area contributed by atoms with Crippen molar-refractivity contribution in [2.24, 2.45) is 0 Å². The number of hydrogen-bond acceptors (Lipinski definition) is 6. The third-order valence-electron chi connectivity index (χ3n) is 3.91. The van der Waals surface area contributed by atoms with Crippen LogP contribution in [0.4, 0.5) is 9.80 Å². The predicted octanol–water partition coefficient (Wildman–Crippen LogP) is 4.14. The highest BCUT2D eigenvalue weighted by Gasteiger charge is 2.23. The maximum atomic E-state index is 12.1. The minimum atomic E-state index is -1.27. The van der Waals surface area contributed by atoms with E-state index in [0.717, 1.165) is 11.5 Å². The van der Waals surface area contributed by atoms with E-state index in [1.807, 2.05) is 10.8 Å². The van der Waals surface area contributed by atoms with Gasteiger partial charge in [-0.15, -0.1) is 0 Å². The van der Waals surface area contributed by atoms with E-state index in [2.05, 4.69) is 20.0 Å². The molecule has 0 radical (unpaired) electrons. The average Bonchev–Trinajstić information content (AvgIpc) is 3.36. The molecule has 0 fully saturated rings. The summed E-state index contributed by atoms with van der Waals surface area (Å²) in [6.45, 7) is 1.08. The molecule has 2 aromatic heterocycles. The molecule has 0 saturated carbocycles. The van der Waals surface area contributed by atoms with E-state index in [1.54, 1.807) is 30.7 Å². The van der Waals surface area contributed by atoms with E-state index >= 15 is 0 Å². The molecule has 2 heterocycles. The third kappa shape index (κ3) is 5.85. The lowest BCUT2D eigenvalue weighted by Gasteiger charge is -2.08. The predicted molar refractivity (Wildman–Crippen MR) is 114 cm³/mol. The summed E-state index contributed by atoms with van der Waals surface area (Å²) in [6.07, 6.45) is 5.88. The Kier molecular flexibility index (Phi) is 7.50. The number of aromatic nitrogens is 3. The summed E-state index contributed by atoms with van der Waals surface area (Å²) in [4.78, 5) is 27.7. The van der Waals surface area contributed by atoms with Gasteiger partial charge in [0.1, 0.15) is 11.6 Å². The molecular weight excluding hydrogens is 453 g/mol. The number of carboxylic acid groups (broad SMARTS) is 1. The Morgan fingerprint density at radius 1 is 1.30 bits per heavy atom. The van der Waals surface area contributed by atoms with Crippen LogP contribution in [0.3, 0.4) is 0 Å². The molecule has 0 atom stereocenters. The van der Waals surface area contributed by atoms with Crippen LogP contribution >= 0.6 is 34.7 Å². The molecule has 0 bridgehead atoms. The first-order chi connectivity index (χ1) is 14.4. The van der Waals surface area contributed by atoms with E-state index in [-0.39, 0.29) is 23.1 Å². The Morgan fingerprint density at radius 2 is 2.13 bits per heavy atom. The van der Waals surface area contributed by atoms with Gasteiger partial charge in [0.2, 0.25) is 5.88 Å². The number of ether oxygens (including phenoxy) is 1. The molecule has 30 heavy (non-hydrogen) atoms. The summed E-state index contributed by atoms with van der Waals surface area (Å²) in [5, 5.41) is 15.7. The quantitative estimate of drug-likeness (QED) is 0.405. The van der Waals surface area contributed by atoms with Gasteiger partial charge in [0, 0.05) is 41.1 Å². The van der Waals surface area contributed by atoms with Crippen LogP contribution in [0.15, 0.2) is 36.9 Å². The number of hydrogen-bond donors (Lipinski definition) is 3. The van der Waals surface area contributed by atoms with Crippen molar-refractivity contribution in [2.75, 3.05) is 11.9 Å². The standard InChI is InChI=1S/C18H17Cl2N5O4S/c19-12-2-3-13(20)11(8-12)9-29-15-14(17(26)27)16(30-24-15)23-18(28)22-4-1-6-25-7-5-21-10-25/h2-3,5,7-8,10H,1,4,6,9H2,(H,26,27)(H2,22,23,28). The fourth-order valence-electron chi connectivity index (χ4n) is 2.48. The number of carbonyl (C=O) groups is 2. The first-order valence-electron chi connectivity index (χ1n) is 8.74. The Balaban J connectivity index is 1.57. The second-order valence-electron chi connectivity index (χ2n) is 6.06. The van der Waals surface area contributed by atoms with Crippen molar-refractivity contribution >= 4 is 51.7 Å². The van der Waals surface area contributed by atoms with Crippen molar-refractivity contribution in [1.29, 1.82) is 0 Å². The van der Waals surface area contributed by atoms with Crippen LogP contribution in [-0.4, -0.2) is 37.6 Å². The molecular formula is C18H17Cl2N5O4S. The van der Waals surface area contributed by atoms with Crippen molar-refractivity contribution in [3.05, 3.63) is 58.1 Å². The van der Waals surface area contributed by atoms with Gasteiger partial charge in [-0.1, -0.05) is 23.2 Å². The first kappa shape index (κ1) is 21.9. The van der Waals surface area contributed by atoms with Crippen LogP contribution in [0.25, 0.3) is 0 Å². The number of carbonyl (C=O) groups excluding carboxylic acids is 1. The zero-order valence-electron chi connectivity index (χ0n) is 15.5. The maximum Gasteiger partial charge on any atom is 0.344 e. The van der Waals surface area contributed by atoms with Gasteiger partial charge in [-0.25, -0.2) is 14.6 Å². The van der Waals surface area contributed by atoms with Crippen LogP contribution in [0.5, 0.6) is 5.88 Å². The molecule has 1 aromatic carbocycles. The van der Waals surface area contributed by atoms with E-state index in [4.69, 9.17) is 27.9 Å². The van der Waals surface area contributed by atoms with Crippen molar-refractivity contribution in [2.45, 2.75) is 19.6 Å². The fraction of sp³-hybridized carbons (Fsp3) is 0.222. The molecule has 9 nitrogen and oxygen atoms in total. The monoisotopic (exact) mass is 469 g/mol. The van der Waals surface area contributed by atoms with Gasteiger partial charge in [-0.05, 0) is 36.2 Å². The lowest BCUT2D eigenvalue weighted by Crippen LogP contribution is -2.30. The van der Waals surface area contributed by atoms with E-state index in [0.29, 0.717) is 35.1 Å². The number of imidazole rings is 1. The summed E-state index contributed by atoms with van der Waals surface area (Å²) in [7, 11) is 0. The molecule has 3 rings (SSSR count). The molecule has 158 valence electrons. The Morgan fingerprint density at radius 3 is 2.87 bits per heavy atom. The van der Waals surface area contributed by atoms with Gasteiger partial charge in [-0.3, -0.25) is 5.32 Å². The number of urea groups is 1. The second-order valence-corrected chi connectivity index (χ2v) is 7.67. The van der Waals surface area contributed by atoms with Crippen LogP contribution in [0.1, 0.15) is 22.3 Å². The van der Waals surface area contributed by atoms with E-state index in [1.165, 1.54) is 0 Å². The van der Waals surface area contributed by atoms with E-state index in [9.17, 15) is 14.7 Å². The minimum absolute atomic E-state index is 0.0245. The van der Waals surface area contributed by atoms with Crippen LogP contribution in [-0.2, 0) is 13.2 Å². The normalized spacial score (nSPS) is 10.6. The smallest absolute Gasteiger partial charge is 0.344 e. The van der Waals surface area contributed by atoms with E-state index < -0.39 is 12.0 Å². The molecule has 3 N–H and O–H groups in total. The molecule has 2 amide bonds. The number of nitrogens with one attached hydrogen (secondary N) is 2. The second kappa shape index (κ2) is 10.3. The lowest BCUT2D eigenvalue weighted by atomic mass is 10.2. The molecule has 0 spiro atoms. The molecule has 0 aliphatic rings. The Bertz CT molecular complexity index is 1030. The van der Waals surface area contributed by atoms with Gasteiger partial charge in [0.05, 0.1) is 6.33 Å². The summed E-state index contributed by atoms with van der Waals surface area (Å²) in [6, 6.07) is 4.34. The fourth-order valence-corrected chi connectivity index (χ4v) is 3.57.